The van der Waals surface area contributed by atoms with Gasteiger partial charge in [-0.3, -0.25) is 4.68 Å². The minimum absolute atomic E-state index is 0.320. The van der Waals surface area contributed by atoms with Crippen molar-refractivity contribution in [2.45, 2.75) is 25.8 Å². The number of aromatic hydroxyl groups is 1. The van der Waals surface area contributed by atoms with Crippen LogP contribution in [0.4, 0.5) is 0 Å². The molecule has 1 aromatic heterocycles. The quantitative estimate of drug-likeness (QED) is 0.833. The first-order valence-electron chi connectivity index (χ1n) is 6.63. The third kappa shape index (κ3) is 4.10. The van der Waals surface area contributed by atoms with Crippen LogP contribution in [-0.4, -0.2) is 27.5 Å². The maximum Gasteiger partial charge on any atom is 0.115 e. The first kappa shape index (κ1) is 13.6. The second kappa shape index (κ2) is 6.38. The third-order valence-electron chi connectivity index (χ3n) is 3.27. The van der Waals surface area contributed by atoms with Gasteiger partial charge < -0.3 is 10.4 Å². The van der Waals surface area contributed by atoms with Crippen LogP contribution in [0.1, 0.15) is 18.2 Å². The van der Waals surface area contributed by atoms with Crippen LogP contribution in [0, 0.1) is 0 Å². The Morgan fingerprint density at radius 3 is 2.63 bits per heavy atom. The number of hydrogen-bond donors (Lipinski definition) is 2. The summed E-state index contributed by atoms with van der Waals surface area (Å²) < 4.78 is 1.91. The van der Waals surface area contributed by atoms with Crippen molar-refractivity contribution in [2.24, 2.45) is 7.05 Å². The first-order valence-corrected chi connectivity index (χ1v) is 6.63. The van der Waals surface area contributed by atoms with E-state index in [9.17, 15) is 5.11 Å². The lowest BCUT2D eigenvalue weighted by Gasteiger charge is -2.14. The molecule has 19 heavy (non-hydrogen) atoms. The van der Waals surface area contributed by atoms with E-state index in [1.54, 1.807) is 12.1 Å². The molecule has 0 amide bonds. The summed E-state index contributed by atoms with van der Waals surface area (Å²) in [6.45, 7) is 3.12. The Bertz CT molecular complexity index is 504. The molecule has 0 radical (unpaired) electrons. The van der Waals surface area contributed by atoms with Crippen LogP contribution in [0.5, 0.6) is 5.75 Å². The minimum Gasteiger partial charge on any atom is -0.508 e. The number of aromatic nitrogens is 2. The van der Waals surface area contributed by atoms with Gasteiger partial charge in [0.15, 0.2) is 0 Å². The van der Waals surface area contributed by atoms with Crippen LogP contribution >= 0.6 is 0 Å². The van der Waals surface area contributed by atoms with Crippen molar-refractivity contribution in [3.63, 3.8) is 0 Å². The molecule has 1 atom stereocenters. The van der Waals surface area contributed by atoms with Crippen molar-refractivity contribution >= 4 is 0 Å². The Kier molecular flexibility index (Phi) is 4.58. The van der Waals surface area contributed by atoms with Gasteiger partial charge in [0.25, 0.3) is 0 Å². The Balaban J connectivity index is 1.74. The van der Waals surface area contributed by atoms with Gasteiger partial charge in [-0.1, -0.05) is 12.1 Å². The molecule has 0 saturated heterocycles. The predicted molar refractivity (Wildman–Crippen MR) is 76.2 cm³/mol. The van der Waals surface area contributed by atoms with Gasteiger partial charge in [0.2, 0.25) is 0 Å². The molecule has 0 fully saturated rings. The summed E-state index contributed by atoms with van der Waals surface area (Å²) in [6, 6.07) is 9.86. The molecule has 4 nitrogen and oxygen atoms in total. The van der Waals surface area contributed by atoms with Crippen molar-refractivity contribution < 1.29 is 5.11 Å². The zero-order chi connectivity index (χ0) is 13.7. The van der Waals surface area contributed by atoms with E-state index in [4.69, 9.17) is 0 Å². The zero-order valence-corrected chi connectivity index (χ0v) is 11.5. The van der Waals surface area contributed by atoms with E-state index in [1.807, 2.05) is 36.1 Å². The van der Waals surface area contributed by atoms with Crippen LogP contribution in [-0.2, 0) is 19.9 Å². The van der Waals surface area contributed by atoms with Gasteiger partial charge in [-0.15, -0.1) is 0 Å². The molecule has 2 aromatic rings. The predicted octanol–water partition coefficient (Wildman–Crippen LogP) is 1.89. The Morgan fingerprint density at radius 1 is 1.26 bits per heavy atom. The van der Waals surface area contributed by atoms with E-state index >= 15 is 0 Å². The van der Waals surface area contributed by atoms with Crippen LogP contribution in [0.15, 0.2) is 36.5 Å². The Labute approximate surface area is 114 Å². The molecule has 0 bridgehead atoms. The molecule has 1 unspecified atom stereocenters. The highest BCUT2D eigenvalue weighted by atomic mass is 16.3. The number of phenolic OH excluding ortho intramolecular Hbond substituents is 1. The smallest absolute Gasteiger partial charge is 0.115 e. The Morgan fingerprint density at radius 2 is 2.00 bits per heavy atom. The largest absolute Gasteiger partial charge is 0.508 e. The number of nitrogens with one attached hydrogen (secondary N) is 1. The minimum atomic E-state index is 0.320. The number of rotatable bonds is 6. The molecule has 4 heteroatoms. The van der Waals surface area contributed by atoms with Gasteiger partial charge in [0.05, 0.1) is 0 Å². The monoisotopic (exact) mass is 259 g/mol. The molecule has 2 rings (SSSR count). The molecule has 1 heterocycles. The SMILES string of the molecule is CC(Cc1ccc(O)cc1)NCCc1ccnn1C. The van der Waals surface area contributed by atoms with E-state index in [2.05, 4.69) is 17.3 Å². The second-order valence-corrected chi connectivity index (χ2v) is 4.92. The zero-order valence-electron chi connectivity index (χ0n) is 11.5. The highest BCUT2D eigenvalue weighted by Crippen LogP contribution is 2.11. The number of aryl methyl sites for hydroxylation is 1. The van der Waals surface area contributed by atoms with Crippen LogP contribution in [0.2, 0.25) is 0 Å². The fourth-order valence-corrected chi connectivity index (χ4v) is 2.15. The number of hydrogen-bond acceptors (Lipinski definition) is 3. The molecule has 0 aliphatic heterocycles. The van der Waals surface area contributed by atoms with Crippen molar-refractivity contribution in [1.29, 1.82) is 0 Å². The lowest BCUT2D eigenvalue weighted by atomic mass is 10.1. The van der Waals surface area contributed by atoms with Gasteiger partial charge in [0, 0.05) is 37.9 Å². The maximum absolute atomic E-state index is 9.24. The van der Waals surface area contributed by atoms with E-state index in [-0.39, 0.29) is 0 Å². The normalized spacial score (nSPS) is 12.5. The molecular weight excluding hydrogens is 238 g/mol. The van der Waals surface area contributed by atoms with Crippen molar-refractivity contribution in [3.8, 4) is 5.75 Å². The third-order valence-corrected chi connectivity index (χ3v) is 3.27. The highest BCUT2D eigenvalue weighted by molar-refractivity contribution is 5.26. The summed E-state index contributed by atoms with van der Waals surface area (Å²) >= 11 is 0. The Hall–Kier alpha value is -1.81. The summed E-state index contributed by atoms with van der Waals surface area (Å²) in [5, 5.41) is 16.9. The van der Waals surface area contributed by atoms with E-state index in [0.717, 1.165) is 19.4 Å². The van der Waals surface area contributed by atoms with Crippen molar-refractivity contribution in [1.82, 2.24) is 15.1 Å². The van der Waals surface area contributed by atoms with Crippen molar-refractivity contribution in [2.75, 3.05) is 6.54 Å². The van der Waals surface area contributed by atoms with E-state index in [0.29, 0.717) is 11.8 Å². The molecule has 0 aliphatic rings. The molecule has 0 saturated carbocycles. The summed E-state index contributed by atoms with van der Waals surface area (Å²) in [6.07, 6.45) is 3.78. The standard InChI is InChI=1S/C15H21N3O/c1-12(11-13-3-5-15(19)6-4-13)16-9-7-14-8-10-17-18(14)2/h3-6,8,10,12,16,19H,7,9,11H2,1-2H3. The number of nitrogens with zero attached hydrogens (tertiary/aromatic N) is 2. The molecule has 2 N–H and O–H groups in total. The first-order chi connectivity index (χ1) is 9.15. The molecule has 0 spiro atoms. The summed E-state index contributed by atoms with van der Waals surface area (Å²) in [4.78, 5) is 0. The van der Waals surface area contributed by atoms with Gasteiger partial charge in [0.1, 0.15) is 5.75 Å². The molecule has 0 aliphatic carbocycles. The molecule has 102 valence electrons. The summed E-state index contributed by atoms with van der Waals surface area (Å²) in [5.41, 5.74) is 2.47. The van der Waals surface area contributed by atoms with Crippen molar-refractivity contribution in [3.05, 3.63) is 47.8 Å². The number of benzene rings is 1. The average molecular weight is 259 g/mol. The summed E-state index contributed by atoms with van der Waals surface area (Å²) in [5.74, 6) is 0.320. The van der Waals surface area contributed by atoms with Crippen LogP contribution in [0.3, 0.4) is 0 Å². The van der Waals surface area contributed by atoms with Crippen LogP contribution < -0.4 is 5.32 Å². The molecular formula is C15H21N3O. The fourth-order valence-electron chi connectivity index (χ4n) is 2.15. The summed E-state index contributed by atoms with van der Waals surface area (Å²) in [7, 11) is 1.97. The lowest BCUT2D eigenvalue weighted by molar-refractivity contribution is 0.474. The molecule has 1 aromatic carbocycles. The van der Waals surface area contributed by atoms with Gasteiger partial charge in [-0.25, -0.2) is 0 Å². The van der Waals surface area contributed by atoms with E-state index in [1.165, 1.54) is 11.3 Å². The second-order valence-electron chi connectivity index (χ2n) is 4.92. The topological polar surface area (TPSA) is 50.1 Å². The average Bonchev–Trinajstić information content (AvgIpc) is 2.78. The lowest BCUT2D eigenvalue weighted by Crippen LogP contribution is -2.30. The van der Waals surface area contributed by atoms with Gasteiger partial charge >= 0.3 is 0 Å². The van der Waals surface area contributed by atoms with Crippen LogP contribution in [0.25, 0.3) is 0 Å². The number of phenols is 1. The van der Waals surface area contributed by atoms with E-state index < -0.39 is 0 Å². The maximum atomic E-state index is 9.24. The van der Waals surface area contributed by atoms with Gasteiger partial charge in [-0.05, 0) is 37.1 Å². The fraction of sp³-hybridized carbons (Fsp3) is 0.400. The van der Waals surface area contributed by atoms with Gasteiger partial charge in [-0.2, -0.15) is 5.10 Å². The highest BCUT2D eigenvalue weighted by Gasteiger charge is 2.04.